The molecule has 1 saturated carbocycles. The summed E-state index contributed by atoms with van der Waals surface area (Å²) in [5, 5.41) is 2.61. The predicted molar refractivity (Wildman–Crippen MR) is 73.1 cm³/mol. The topological polar surface area (TPSA) is 26.0 Å². The van der Waals surface area contributed by atoms with E-state index >= 15 is 0 Å². The van der Waals surface area contributed by atoms with Crippen molar-refractivity contribution in [3.05, 3.63) is 48.0 Å². The first-order chi connectivity index (χ1) is 8.03. The predicted octanol–water partition coefficient (Wildman–Crippen LogP) is 3.61. The summed E-state index contributed by atoms with van der Waals surface area (Å²) in [6, 6.07) is 15.2. The van der Waals surface area contributed by atoms with Gasteiger partial charge in [-0.2, -0.15) is 0 Å². The van der Waals surface area contributed by atoms with E-state index in [4.69, 9.17) is 5.73 Å². The summed E-state index contributed by atoms with van der Waals surface area (Å²) in [6.45, 7) is 4.54. The molecule has 0 aromatic heterocycles. The fourth-order valence-corrected chi connectivity index (χ4v) is 2.63. The van der Waals surface area contributed by atoms with Crippen molar-refractivity contribution in [3.63, 3.8) is 0 Å². The van der Waals surface area contributed by atoms with Gasteiger partial charge in [-0.3, -0.25) is 0 Å². The summed E-state index contributed by atoms with van der Waals surface area (Å²) in [7, 11) is 0. The molecule has 3 rings (SSSR count). The largest absolute Gasteiger partial charge is 0.324 e. The van der Waals surface area contributed by atoms with Crippen LogP contribution in [-0.4, -0.2) is 5.54 Å². The van der Waals surface area contributed by atoms with Crippen LogP contribution in [0.1, 0.15) is 32.3 Å². The molecule has 0 heterocycles. The molecule has 1 nitrogen and oxygen atoms in total. The van der Waals surface area contributed by atoms with Crippen molar-refractivity contribution in [2.24, 2.45) is 5.73 Å². The van der Waals surface area contributed by atoms with E-state index in [1.165, 1.54) is 16.3 Å². The monoisotopic (exact) mass is 225 g/mol. The second-order valence-corrected chi connectivity index (χ2v) is 5.84. The standard InChI is InChI=1S/C16H19N/c1-15(2,16(17)9-10-16)14-8-7-12-5-3-4-6-13(12)11-14/h3-8,11H,9-10,17H2,1-2H3. The average molecular weight is 225 g/mol. The second kappa shape index (κ2) is 3.33. The van der Waals surface area contributed by atoms with Gasteiger partial charge in [-0.1, -0.05) is 56.3 Å². The van der Waals surface area contributed by atoms with Gasteiger partial charge in [0.25, 0.3) is 0 Å². The fourth-order valence-electron chi connectivity index (χ4n) is 2.63. The lowest BCUT2D eigenvalue weighted by Crippen LogP contribution is -2.43. The lowest BCUT2D eigenvalue weighted by molar-refractivity contribution is 0.391. The normalized spacial score (nSPS) is 18.3. The summed E-state index contributed by atoms with van der Waals surface area (Å²) in [5.41, 5.74) is 7.83. The lowest BCUT2D eigenvalue weighted by Gasteiger charge is -2.32. The summed E-state index contributed by atoms with van der Waals surface area (Å²) >= 11 is 0. The average Bonchev–Trinajstić information content (AvgIpc) is 3.08. The summed E-state index contributed by atoms with van der Waals surface area (Å²) < 4.78 is 0. The van der Waals surface area contributed by atoms with Crippen molar-refractivity contribution in [2.75, 3.05) is 0 Å². The number of fused-ring (bicyclic) bond motifs is 1. The van der Waals surface area contributed by atoms with Crippen molar-refractivity contribution in [2.45, 2.75) is 37.6 Å². The Hall–Kier alpha value is -1.34. The minimum Gasteiger partial charge on any atom is -0.324 e. The van der Waals surface area contributed by atoms with Gasteiger partial charge in [0, 0.05) is 11.0 Å². The lowest BCUT2D eigenvalue weighted by atomic mass is 9.75. The quantitative estimate of drug-likeness (QED) is 0.830. The van der Waals surface area contributed by atoms with Crippen LogP contribution in [0.2, 0.25) is 0 Å². The van der Waals surface area contributed by atoms with Gasteiger partial charge in [-0.15, -0.1) is 0 Å². The smallest absolute Gasteiger partial charge is 0.0248 e. The molecular formula is C16H19N. The van der Waals surface area contributed by atoms with Crippen LogP contribution in [0.3, 0.4) is 0 Å². The molecular weight excluding hydrogens is 206 g/mol. The van der Waals surface area contributed by atoms with E-state index in [1.54, 1.807) is 0 Å². The van der Waals surface area contributed by atoms with Crippen LogP contribution < -0.4 is 5.73 Å². The zero-order valence-corrected chi connectivity index (χ0v) is 10.5. The first-order valence-electron chi connectivity index (χ1n) is 6.31. The first kappa shape index (κ1) is 10.8. The van der Waals surface area contributed by atoms with E-state index in [0.717, 1.165) is 12.8 Å². The fraction of sp³-hybridized carbons (Fsp3) is 0.375. The molecule has 17 heavy (non-hydrogen) atoms. The molecule has 0 unspecified atom stereocenters. The SMILES string of the molecule is CC(C)(c1ccc2ccccc2c1)C1(N)CC1. The van der Waals surface area contributed by atoms with Crippen molar-refractivity contribution in [1.82, 2.24) is 0 Å². The van der Waals surface area contributed by atoms with Crippen molar-refractivity contribution < 1.29 is 0 Å². The second-order valence-electron chi connectivity index (χ2n) is 5.84. The molecule has 2 aromatic carbocycles. The Morgan fingerprint density at radius 1 is 1.00 bits per heavy atom. The highest BCUT2D eigenvalue weighted by Gasteiger charge is 2.51. The number of hydrogen-bond donors (Lipinski definition) is 1. The van der Waals surface area contributed by atoms with Gasteiger partial charge in [0.05, 0.1) is 0 Å². The zero-order valence-electron chi connectivity index (χ0n) is 10.5. The third-order valence-corrected chi connectivity index (χ3v) is 4.50. The van der Waals surface area contributed by atoms with Gasteiger partial charge in [0.2, 0.25) is 0 Å². The van der Waals surface area contributed by atoms with E-state index in [0.29, 0.717) is 0 Å². The van der Waals surface area contributed by atoms with Gasteiger partial charge >= 0.3 is 0 Å². The van der Waals surface area contributed by atoms with E-state index in [2.05, 4.69) is 56.3 Å². The van der Waals surface area contributed by atoms with Crippen molar-refractivity contribution >= 4 is 10.8 Å². The first-order valence-corrected chi connectivity index (χ1v) is 6.31. The highest BCUT2D eigenvalue weighted by atomic mass is 14.9. The molecule has 0 atom stereocenters. The van der Waals surface area contributed by atoms with E-state index < -0.39 is 0 Å². The molecule has 2 N–H and O–H groups in total. The zero-order chi connectivity index (χ0) is 12.1. The minimum absolute atomic E-state index is 0.00938. The minimum atomic E-state index is 0.00938. The Bertz CT molecular complexity index is 565. The summed E-state index contributed by atoms with van der Waals surface area (Å²) in [4.78, 5) is 0. The molecule has 2 aromatic rings. The molecule has 0 amide bonds. The van der Waals surface area contributed by atoms with Gasteiger partial charge in [-0.05, 0) is 29.2 Å². The van der Waals surface area contributed by atoms with E-state index in [1.807, 2.05) is 0 Å². The third-order valence-electron chi connectivity index (χ3n) is 4.50. The molecule has 88 valence electrons. The van der Waals surface area contributed by atoms with E-state index in [-0.39, 0.29) is 11.0 Å². The molecule has 0 bridgehead atoms. The molecule has 0 aliphatic heterocycles. The molecule has 0 saturated heterocycles. The van der Waals surface area contributed by atoms with Crippen LogP contribution in [0.4, 0.5) is 0 Å². The maximum Gasteiger partial charge on any atom is 0.0248 e. The number of nitrogens with two attached hydrogens (primary N) is 1. The number of rotatable bonds is 2. The molecule has 1 heteroatoms. The molecule has 0 radical (unpaired) electrons. The maximum atomic E-state index is 6.40. The summed E-state index contributed by atoms with van der Waals surface area (Å²) in [6.07, 6.45) is 2.29. The Labute approximate surface area is 103 Å². The third kappa shape index (κ3) is 1.57. The number of hydrogen-bond acceptors (Lipinski definition) is 1. The van der Waals surface area contributed by atoms with Crippen LogP contribution in [0, 0.1) is 0 Å². The Morgan fingerprint density at radius 2 is 1.65 bits per heavy atom. The number of benzene rings is 2. The van der Waals surface area contributed by atoms with Crippen molar-refractivity contribution in [1.29, 1.82) is 0 Å². The van der Waals surface area contributed by atoms with Crippen LogP contribution in [0.25, 0.3) is 10.8 Å². The van der Waals surface area contributed by atoms with E-state index in [9.17, 15) is 0 Å². The molecule has 1 fully saturated rings. The Kier molecular flexibility index (Phi) is 2.11. The summed E-state index contributed by atoms with van der Waals surface area (Å²) in [5.74, 6) is 0. The van der Waals surface area contributed by atoms with Gasteiger partial charge < -0.3 is 5.73 Å². The highest BCUT2D eigenvalue weighted by Crippen LogP contribution is 2.49. The van der Waals surface area contributed by atoms with Crippen LogP contribution in [0.15, 0.2) is 42.5 Å². The van der Waals surface area contributed by atoms with Crippen LogP contribution >= 0.6 is 0 Å². The van der Waals surface area contributed by atoms with Gasteiger partial charge in [-0.25, -0.2) is 0 Å². The van der Waals surface area contributed by atoms with Gasteiger partial charge in [0.15, 0.2) is 0 Å². The highest BCUT2D eigenvalue weighted by molar-refractivity contribution is 5.83. The maximum absolute atomic E-state index is 6.40. The van der Waals surface area contributed by atoms with Gasteiger partial charge in [0.1, 0.15) is 0 Å². The molecule has 0 spiro atoms. The molecule has 1 aliphatic rings. The van der Waals surface area contributed by atoms with Crippen molar-refractivity contribution in [3.8, 4) is 0 Å². The molecule has 1 aliphatic carbocycles. The Balaban J connectivity index is 2.12. The van der Waals surface area contributed by atoms with Crippen LogP contribution in [0.5, 0.6) is 0 Å². The Morgan fingerprint density at radius 3 is 2.29 bits per heavy atom. The van der Waals surface area contributed by atoms with Crippen LogP contribution in [-0.2, 0) is 5.41 Å².